The number of nitrogens with zero attached hydrogens (tertiary/aromatic N) is 3. The van der Waals surface area contributed by atoms with Crippen LogP contribution < -0.4 is 5.32 Å². The standard InChI is InChI=1S/C13H24N4O/c1-10(2)12-8-11(5-7-18-12)14-6-4-13-15-9-17(3)16-13/h9-12,14H,4-8H2,1-3H3. The second-order valence-corrected chi connectivity index (χ2v) is 5.41. The lowest BCUT2D eigenvalue weighted by atomic mass is 9.95. The summed E-state index contributed by atoms with van der Waals surface area (Å²) >= 11 is 0. The largest absolute Gasteiger partial charge is 0.378 e. The predicted octanol–water partition coefficient (Wildman–Crippen LogP) is 1.15. The molecule has 0 aliphatic carbocycles. The molecule has 5 heteroatoms. The van der Waals surface area contributed by atoms with Crippen molar-refractivity contribution in [1.82, 2.24) is 20.1 Å². The Balaban J connectivity index is 1.70. The Morgan fingerprint density at radius 3 is 3.06 bits per heavy atom. The van der Waals surface area contributed by atoms with E-state index < -0.39 is 0 Å². The molecule has 1 aromatic heterocycles. The van der Waals surface area contributed by atoms with Crippen LogP contribution in [0.15, 0.2) is 6.33 Å². The fraction of sp³-hybridized carbons (Fsp3) is 0.846. The number of aryl methyl sites for hydroxylation is 1. The maximum absolute atomic E-state index is 5.77. The third kappa shape index (κ3) is 3.78. The summed E-state index contributed by atoms with van der Waals surface area (Å²) in [5.74, 6) is 1.52. The van der Waals surface area contributed by atoms with Crippen LogP contribution in [0, 0.1) is 5.92 Å². The lowest BCUT2D eigenvalue weighted by Crippen LogP contribution is -2.41. The molecule has 102 valence electrons. The van der Waals surface area contributed by atoms with E-state index in [0.29, 0.717) is 18.1 Å². The van der Waals surface area contributed by atoms with Crippen LogP contribution >= 0.6 is 0 Å². The molecule has 1 saturated heterocycles. The lowest BCUT2D eigenvalue weighted by molar-refractivity contribution is -0.0242. The summed E-state index contributed by atoms with van der Waals surface area (Å²) in [6.07, 6.45) is 5.28. The number of nitrogens with one attached hydrogen (secondary N) is 1. The molecule has 1 fully saturated rings. The third-order valence-corrected chi connectivity index (χ3v) is 3.49. The predicted molar refractivity (Wildman–Crippen MR) is 70.3 cm³/mol. The van der Waals surface area contributed by atoms with Crippen LogP contribution in [0.2, 0.25) is 0 Å². The van der Waals surface area contributed by atoms with Gasteiger partial charge in [0.1, 0.15) is 6.33 Å². The number of aromatic nitrogens is 3. The van der Waals surface area contributed by atoms with Crippen molar-refractivity contribution in [2.24, 2.45) is 13.0 Å². The van der Waals surface area contributed by atoms with E-state index in [4.69, 9.17) is 4.74 Å². The number of rotatable bonds is 5. The first-order valence-electron chi connectivity index (χ1n) is 6.84. The first kappa shape index (κ1) is 13.5. The zero-order valence-corrected chi connectivity index (χ0v) is 11.6. The fourth-order valence-corrected chi connectivity index (χ4v) is 2.36. The highest BCUT2D eigenvalue weighted by atomic mass is 16.5. The topological polar surface area (TPSA) is 52.0 Å². The van der Waals surface area contributed by atoms with Gasteiger partial charge in [0.15, 0.2) is 5.82 Å². The van der Waals surface area contributed by atoms with Crippen LogP contribution in [0.1, 0.15) is 32.5 Å². The molecule has 1 N–H and O–H groups in total. The van der Waals surface area contributed by atoms with Crippen molar-refractivity contribution in [2.45, 2.75) is 45.3 Å². The minimum Gasteiger partial charge on any atom is -0.378 e. The molecule has 0 saturated carbocycles. The van der Waals surface area contributed by atoms with Gasteiger partial charge in [-0.15, -0.1) is 0 Å². The van der Waals surface area contributed by atoms with Gasteiger partial charge in [-0.3, -0.25) is 4.68 Å². The van der Waals surface area contributed by atoms with Crippen LogP contribution in [0.5, 0.6) is 0 Å². The van der Waals surface area contributed by atoms with Crippen molar-refractivity contribution in [2.75, 3.05) is 13.2 Å². The molecule has 0 spiro atoms. The summed E-state index contributed by atoms with van der Waals surface area (Å²) in [7, 11) is 1.90. The summed E-state index contributed by atoms with van der Waals surface area (Å²) in [6, 6.07) is 0.579. The number of ether oxygens (including phenoxy) is 1. The average Bonchev–Trinajstić information content (AvgIpc) is 2.75. The highest BCUT2D eigenvalue weighted by Crippen LogP contribution is 2.19. The maximum Gasteiger partial charge on any atom is 0.151 e. The first-order valence-corrected chi connectivity index (χ1v) is 6.84. The zero-order chi connectivity index (χ0) is 13.0. The van der Waals surface area contributed by atoms with E-state index in [1.807, 2.05) is 7.05 Å². The Morgan fingerprint density at radius 2 is 2.39 bits per heavy atom. The Hall–Kier alpha value is -0.940. The van der Waals surface area contributed by atoms with Crippen molar-refractivity contribution >= 4 is 0 Å². The monoisotopic (exact) mass is 252 g/mol. The van der Waals surface area contributed by atoms with Gasteiger partial charge >= 0.3 is 0 Å². The van der Waals surface area contributed by atoms with Crippen LogP contribution in [0.4, 0.5) is 0 Å². The molecule has 1 aliphatic rings. The molecule has 2 heterocycles. The summed E-state index contributed by atoms with van der Waals surface area (Å²) in [5.41, 5.74) is 0. The molecule has 1 aromatic rings. The van der Waals surface area contributed by atoms with Crippen LogP contribution in [0.25, 0.3) is 0 Å². The first-order chi connectivity index (χ1) is 8.65. The van der Waals surface area contributed by atoms with Gasteiger partial charge < -0.3 is 10.1 Å². The summed E-state index contributed by atoms with van der Waals surface area (Å²) in [4.78, 5) is 4.23. The second kappa shape index (κ2) is 6.29. The summed E-state index contributed by atoms with van der Waals surface area (Å²) < 4.78 is 7.52. The second-order valence-electron chi connectivity index (χ2n) is 5.41. The van der Waals surface area contributed by atoms with Gasteiger partial charge in [0.05, 0.1) is 6.10 Å². The fourth-order valence-electron chi connectivity index (χ4n) is 2.36. The van der Waals surface area contributed by atoms with Crippen molar-refractivity contribution < 1.29 is 4.74 Å². The van der Waals surface area contributed by atoms with Gasteiger partial charge in [-0.25, -0.2) is 4.98 Å². The molecular formula is C13H24N4O. The van der Waals surface area contributed by atoms with Gasteiger partial charge in [-0.2, -0.15) is 5.10 Å². The Labute approximate surface area is 109 Å². The van der Waals surface area contributed by atoms with Gasteiger partial charge in [0.2, 0.25) is 0 Å². The quantitative estimate of drug-likeness (QED) is 0.854. The minimum absolute atomic E-state index is 0.407. The van der Waals surface area contributed by atoms with Gasteiger partial charge in [0.25, 0.3) is 0 Å². The van der Waals surface area contributed by atoms with Gasteiger partial charge in [-0.1, -0.05) is 13.8 Å². The molecule has 0 amide bonds. The minimum atomic E-state index is 0.407. The van der Waals surface area contributed by atoms with E-state index >= 15 is 0 Å². The Bertz CT molecular complexity index is 364. The van der Waals surface area contributed by atoms with Crippen molar-refractivity contribution in [3.63, 3.8) is 0 Å². The molecule has 2 rings (SSSR count). The highest BCUT2D eigenvalue weighted by molar-refractivity contribution is 4.84. The Morgan fingerprint density at radius 1 is 1.56 bits per heavy atom. The van der Waals surface area contributed by atoms with E-state index in [1.165, 1.54) is 0 Å². The van der Waals surface area contributed by atoms with Gasteiger partial charge in [0, 0.05) is 32.7 Å². The summed E-state index contributed by atoms with van der Waals surface area (Å²) in [5, 5.41) is 7.87. The van der Waals surface area contributed by atoms with E-state index in [1.54, 1.807) is 11.0 Å². The normalized spacial score (nSPS) is 24.7. The van der Waals surface area contributed by atoms with E-state index in [2.05, 4.69) is 29.2 Å². The molecule has 0 bridgehead atoms. The third-order valence-electron chi connectivity index (χ3n) is 3.49. The van der Waals surface area contributed by atoms with Crippen molar-refractivity contribution in [3.05, 3.63) is 12.2 Å². The smallest absolute Gasteiger partial charge is 0.151 e. The maximum atomic E-state index is 5.77. The SMILES string of the molecule is CC(C)C1CC(NCCc2ncn(C)n2)CCO1. The zero-order valence-electron chi connectivity index (χ0n) is 11.6. The van der Waals surface area contributed by atoms with E-state index in [-0.39, 0.29) is 0 Å². The molecule has 5 nitrogen and oxygen atoms in total. The molecular weight excluding hydrogens is 228 g/mol. The molecule has 2 unspecified atom stereocenters. The van der Waals surface area contributed by atoms with E-state index in [0.717, 1.165) is 38.2 Å². The molecule has 18 heavy (non-hydrogen) atoms. The summed E-state index contributed by atoms with van der Waals surface area (Å²) in [6.45, 7) is 6.28. The highest BCUT2D eigenvalue weighted by Gasteiger charge is 2.24. The molecule has 0 radical (unpaired) electrons. The van der Waals surface area contributed by atoms with Crippen molar-refractivity contribution in [1.29, 1.82) is 0 Å². The number of hydrogen-bond acceptors (Lipinski definition) is 4. The molecule has 1 aliphatic heterocycles. The van der Waals surface area contributed by atoms with Crippen LogP contribution in [-0.4, -0.2) is 40.1 Å². The average molecular weight is 252 g/mol. The number of hydrogen-bond donors (Lipinski definition) is 1. The lowest BCUT2D eigenvalue weighted by Gasteiger charge is -2.32. The Kier molecular flexibility index (Phi) is 4.72. The van der Waals surface area contributed by atoms with Gasteiger partial charge in [-0.05, 0) is 18.8 Å². The van der Waals surface area contributed by atoms with Crippen molar-refractivity contribution in [3.8, 4) is 0 Å². The van der Waals surface area contributed by atoms with E-state index in [9.17, 15) is 0 Å². The molecule has 0 aromatic carbocycles. The molecule has 2 atom stereocenters. The van der Waals surface area contributed by atoms with Crippen LogP contribution in [-0.2, 0) is 18.2 Å². The van der Waals surface area contributed by atoms with Crippen LogP contribution in [0.3, 0.4) is 0 Å².